The Balaban J connectivity index is 1.73. The van der Waals surface area contributed by atoms with E-state index in [4.69, 9.17) is 20.8 Å². The number of carbonyl (C=O) groups is 1. The maximum atomic E-state index is 12.6. The molecular formula is C27H24ClNO3. The largest absolute Gasteiger partial charge is 0.496 e. The Hall–Kier alpha value is -3.50. The third-order valence-corrected chi connectivity index (χ3v) is 5.70. The molecule has 0 aliphatic rings. The first-order chi connectivity index (χ1) is 15.4. The minimum absolute atomic E-state index is 0.228. The van der Waals surface area contributed by atoms with Gasteiger partial charge in [0.15, 0.2) is 0 Å². The van der Waals surface area contributed by atoms with Crippen LogP contribution in [0, 0.1) is 13.8 Å². The van der Waals surface area contributed by atoms with Gasteiger partial charge in [-0.25, -0.2) is 0 Å². The molecule has 0 aliphatic carbocycles. The summed E-state index contributed by atoms with van der Waals surface area (Å²) in [7, 11) is 1.61. The van der Waals surface area contributed by atoms with Crippen molar-refractivity contribution in [3.63, 3.8) is 0 Å². The number of ether oxygens (including phenoxy) is 1. The lowest BCUT2D eigenvalue weighted by molar-refractivity contribution is -0.111. The van der Waals surface area contributed by atoms with E-state index in [1.54, 1.807) is 43.7 Å². The Morgan fingerprint density at radius 1 is 1.03 bits per heavy atom. The summed E-state index contributed by atoms with van der Waals surface area (Å²) < 4.78 is 11.4. The number of fused-ring (bicyclic) bond motifs is 1. The average molecular weight is 446 g/mol. The van der Waals surface area contributed by atoms with Crippen LogP contribution in [0.25, 0.3) is 27.7 Å². The molecule has 0 aliphatic heterocycles. The first-order valence-corrected chi connectivity index (χ1v) is 10.7. The molecule has 0 spiro atoms. The van der Waals surface area contributed by atoms with Crippen molar-refractivity contribution in [2.24, 2.45) is 0 Å². The van der Waals surface area contributed by atoms with Crippen LogP contribution in [0.15, 0.2) is 71.4 Å². The third kappa shape index (κ3) is 4.41. The Kier molecular flexibility index (Phi) is 6.06. The molecule has 1 amide bonds. The summed E-state index contributed by atoms with van der Waals surface area (Å²) >= 11 is 5.91. The van der Waals surface area contributed by atoms with Gasteiger partial charge in [0.05, 0.1) is 13.4 Å². The molecule has 0 atom stereocenters. The number of anilines is 1. The number of halogens is 1. The lowest BCUT2D eigenvalue weighted by Gasteiger charge is -2.11. The van der Waals surface area contributed by atoms with Gasteiger partial charge >= 0.3 is 0 Å². The van der Waals surface area contributed by atoms with Crippen molar-refractivity contribution in [1.29, 1.82) is 0 Å². The Morgan fingerprint density at radius 3 is 2.47 bits per heavy atom. The Labute approximate surface area is 192 Å². The topological polar surface area (TPSA) is 51.5 Å². The van der Waals surface area contributed by atoms with E-state index in [0.717, 1.165) is 33.2 Å². The van der Waals surface area contributed by atoms with Gasteiger partial charge < -0.3 is 14.5 Å². The van der Waals surface area contributed by atoms with E-state index in [1.165, 1.54) is 11.1 Å². The van der Waals surface area contributed by atoms with Gasteiger partial charge in [-0.05, 0) is 67.8 Å². The minimum Gasteiger partial charge on any atom is -0.496 e. The molecule has 0 radical (unpaired) electrons. The van der Waals surface area contributed by atoms with Crippen molar-refractivity contribution in [1.82, 2.24) is 0 Å². The fraction of sp³-hybridized carbons (Fsp3) is 0.148. The highest BCUT2D eigenvalue weighted by Crippen LogP contribution is 2.38. The van der Waals surface area contributed by atoms with Crippen LogP contribution >= 0.6 is 11.6 Å². The second kappa shape index (κ2) is 8.93. The smallest absolute Gasteiger partial charge is 0.248 e. The highest BCUT2D eigenvalue weighted by Gasteiger charge is 2.16. The number of hydrogen-bond donors (Lipinski definition) is 1. The molecule has 0 fully saturated rings. The van der Waals surface area contributed by atoms with Crippen molar-refractivity contribution in [3.05, 3.63) is 88.6 Å². The van der Waals surface area contributed by atoms with Crippen molar-refractivity contribution < 1.29 is 13.9 Å². The molecule has 1 N–H and O–H groups in total. The number of hydrogen-bond acceptors (Lipinski definition) is 3. The Bertz CT molecular complexity index is 1330. The van der Waals surface area contributed by atoms with Crippen LogP contribution in [0.4, 0.5) is 5.69 Å². The highest BCUT2D eigenvalue weighted by molar-refractivity contribution is 6.30. The van der Waals surface area contributed by atoms with Crippen LogP contribution in [0.2, 0.25) is 5.02 Å². The molecule has 162 valence electrons. The van der Waals surface area contributed by atoms with E-state index >= 15 is 0 Å². The standard InChI is InChI=1S/C27H24ClNO3/c1-16-5-10-21(17(2)11-16)24-15-32-26-14-25(31-4)22(13-23(24)26)18(3)12-27(30)29-20-8-6-19(28)7-9-20/h5-15H,1-4H3,(H,29,30)/b18-12+. The van der Waals surface area contributed by atoms with Gasteiger partial charge in [0.2, 0.25) is 5.91 Å². The van der Waals surface area contributed by atoms with Crippen molar-refractivity contribution >= 4 is 39.7 Å². The van der Waals surface area contributed by atoms with E-state index in [0.29, 0.717) is 16.5 Å². The van der Waals surface area contributed by atoms with Crippen LogP contribution in [-0.4, -0.2) is 13.0 Å². The molecule has 1 aromatic heterocycles. The normalized spacial score (nSPS) is 11.6. The fourth-order valence-electron chi connectivity index (χ4n) is 3.84. The number of nitrogens with one attached hydrogen (secondary N) is 1. The maximum Gasteiger partial charge on any atom is 0.248 e. The summed E-state index contributed by atoms with van der Waals surface area (Å²) in [6.45, 7) is 6.07. The molecule has 0 saturated heterocycles. The molecule has 0 bridgehead atoms. The van der Waals surface area contributed by atoms with Gasteiger partial charge in [-0.1, -0.05) is 35.4 Å². The monoisotopic (exact) mass is 445 g/mol. The molecule has 0 saturated carbocycles. The minimum atomic E-state index is -0.228. The fourth-order valence-corrected chi connectivity index (χ4v) is 3.97. The maximum absolute atomic E-state index is 12.6. The molecule has 4 aromatic rings. The van der Waals surface area contributed by atoms with Gasteiger partial charge in [-0.15, -0.1) is 0 Å². The summed E-state index contributed by atoms with van der Waals surface area (Å²) in [6.07, 6.45) is 3.34. The summed E-state index contributed by atoms with van der Waals surface area (Å²) in [6, 6.07) is 17.2. The number of allylic oxidation sites excluding steroid dienone is 1. The van der Waals surface area contributed by atoms with E-state index in [9.17, 15) is 4.79 Å². The molecule has 4 nitrogen and oxygen atoms in total. The number of benzene rings is 3. The number of carbonyl (C=O) groups excluding carboxylic acids is 1. The van der Waals surface area contributed by atoms with E-state index in [1.807, 2.05) is 19.1 Å². The zero-order valence-corrected chi connectivity index (χ0v) is 19.2. The van der Waals surface area contributed by atoms with Gasteiger partial charge in [0.25, 0.3) is 0 Å². The van der Waals surface area contributed by atoms with Crippen molar-refractivity contribution in [2.45, 2.75) is 20.8 Å². The summed E-state index contributed by atoms with van der Waals surface area (Å²) in [5, 5.41) is 4.45. The predicted molar refractivity (Wildman–Crippen MR) is 131 cm³/mol. The zero-order valence-electron chi connectivity index (χ0n) is 18.5. The summed E-state index contributed by atoms with van der Waals surface area (Å²) in [5.74, 6) is 0.417. The molecule has 3 aromatic carbocycles. The van der Waals surface area contributed by atoms with Crippen LogP contribution < -0.4 is 10.1 Å². The highest BCUT2D eigenvalue weighted by atomic mass is 35.5. The summed E-state index contributed by atoms with van der Waals surface area (Å²) in [5.41, 5.74) is 7.55. The molecule has 5 heteroatoms. The van der Waals surface area contributed by atoms with Crippen LogP contribution in [-0.2, 0) is 4.79 Å². The number of furan rings is 1. The lowest BCUT2D eigenvalue weighted by Crippen LogP contribution is -2.08. The number of aryl methyl sites for hydroxylation is 2. The van der Waals surface area contributed by atoms with Crippen molar-refractivity contribution in [3.8, 4) is 16.9 Å². The van der Waals surface area contributed by atoms with Gasteiger partial charge in [-0.3, -0.25) is 4.79 Å². The molecular weight excluding hydrogens is 422 g/mol. The average Bonchev–Trinajstić information content (AvgIpc) is 3.17. The van der Waals surface area contributed by atoms with E-state index in [2.05, 4.69) is 37.4 Å². The Morgan fingerprint density at radius 2 is 1.78 bits per heavy atom. The van der Waals surface area contributed by atoms with Crippen LogP contribution in [0.1, 0.15) is 23.6 Å². The third-order valence-electron chi connectivity index (χ3n) is 5.45. The molecule has 4 rings (SSSR count). The predicted octanol–water partition coefficient (Wildman–Crippen LogP) is 7.42. The second-order valence-corrected chi connectivity index (χ2v) is 8.28. The number of amides is 1. The van der Waals surface area contributed by atoms with Gasteiger partial charge in [0.1, 0.15) is 11.3 Å². The van der Waals surface area contributed by atoms with Crippen molar-refractivity contribution in [2.75, 3.05) is 12.4 Å². The van der Waals surface area contributed by atoms with Crippen LogP contribution in [0.5, 0.6) is 5.75 Å². The first-order valence-electron chi connectivity index (χ1n) is 10.3. The van der Waals surface area contributed by atoms with Crippen LogP contribution in [0.3, 0.4) is 0 Å². The zero-order chi connectivity index (χ0) is 22.8. The van der Waals surface area contributed by atoms with E-state index < -0.39 is 0 Å². The number of rotatable bonds is 5. The second-order valence-electron chi connectivity index (χ2n) is 7.84. The SMILES string of the molecule is COc1cc2occ(-c3ccc(C)cc3C)c2cc1/C(C)=C/C(=O)Nc1ccc(Cl)cc1. The van der Waals surface area contributed by atoms with Gasteiger partial charge in [-0.2, -0.15) is 0 Å². The molecule has 0 unspecified atom stereocenters. The van der Waals surface area contributed by atoms with Gasteiger partial charge in [0, 0.05) is 39.4 Å². The summed E-state index contributed by atoms with van der Waals surface area (Å²) in [4.78, 5) is 12.6. The quantitative estimate of drug-likeness (QED) is 0.325. The molecule has 1 heterocycles. The lowest BCUT2D eigenvalue weighted by atomic mass is 9.96. The van der Waals surface area contributed by atoms with E-state index in [-0.39, 0.29) is 5.91 Å². The number of methoxy groups -OCH3 is 1. The first kappa shape index (κ1) is 21.7. The molecule has 32 heavy (non-hydrogen) atoms.